The van der Waals surface area contributed by atoms with E-state index in [-0.39, 0.29) is 11.8 Å². The molecule has 17 heteroatoms. The SMILES string of the molecule is CCn1c(-c2nonc2N)nc2c(-c3cccc(NC(=O)NC)c3)ncc(OCCCN)c21.O=C(O)C(F)(F)F. The molecule has 0 aliphatic heterocycles. The molecule has 0 saturated carbocycles. The van der Waals surface area contributed by atoms with Gasteiger partial charge in [-0.05, 0) is 42.3 Å². The smallest absolute Gasteiger partial charge is 0.490 e. The number of carboxylic acid groups (broad SMARTS) is 1. The van der Waals surface area contributed by atoms with Crippen LogP contribution in [0.1, 0.15) is 13.3 Å². The van der Waals surface area contributed by atoms with E-state index in [1.165, 1.54) is 0 Å². The zero-order chi connectivity index (χ0) is 29.4. The lowest BCUT2D eigenvalue weighted by molar-refractivity contribution is -0.192. The maximum atomic E-state index is 11.7. The van der Waals surface area contributed by atoms with Gasteiger partial charge in [-0.3, -0.25) is 0 Å². The van der Waals surface area contributed by atoms with Crippen LogP contribution in [0.25, 0.3) is 33.8 Å². The third-order valence-corrected chi connectivity index (χ3v) is 5.25. The first-order valence-corrected chi connectivity index (χ1v) is 11.7. The molecule has 0 unspecified atom stereocenters. The van der Waals surface area contributed by atoms with Crippen LogP contribution in [0.15, 0.2) is 35.1 Å². The highest BCUT2D eigenvalue weighted by molar-refractivity contribution is 5.97. The van der Waals surface area contributed by atoms with Crippen molar-refractivity contribution in [2.75, 3.05) is 31.2 Å². The quantitative estimate of drug-likeness (QED) is 0.196. The molecular weight excluding hydrogens is 539 g/mol. The van der Waals surface area contributed by atoms with Gasteiger partial charge in [0.2, 0.25) is 0 Å². The summed E-state index contributed by atoms with van der Waals surface area (Å²) in [7, 11) is 1.55. The number of nitrogens with zero attached hydrogens (tertiary/aromatic N) is 5. The number of alkyl halides is 3. The van der Waals surface area contributed by atoms with Crippen molar-refractivity contribution in [2.24, 2.45) is 5.73 Å². The van der Waals surface area contributed by atoms with Gasteiger partial charge >= 0.3 is 18.2 Å². The van der Waals surface area contributed by atoms with E-state index in [1.807, 2.05) is 29.7 Å². The molecule has 3 aromatic heterocycles. The Kier molecular flexibility index (Phi) is 9.44. The Balaban J connectivity index is 0.000000559. The molecule has 40 heavy (non-hydrogen) atoms. The summed E-state index contributed by atoms with van der Waals surface area (Å²) in [6, 6.07) is 7.01. The van der Waals surface area contributed by atoms with Gasteiger partial charge in [-0.25, -0.2) is 24.2 Å². The van der Waals surface area contributed by atoms with Crippen LogP contribution in [-0.2, 0) is 11.3 Å². The van der Waals surface area contributed by atoms with E-state index in [0.717, 1.165) is 11.1 Å². The van der Waals surface area contributed by atoms with E-state index in [0.29, 0.717) is 60.3 Å². The average Bonchev–Trinajstić information content (AvgIpc) is 3.51. The Morgan fingerprint density at radius 3 is 2.52 bits per heavy atom. The minimum Gasteiger partial charge on any atom is -0.490 e. The monoisotopic (exact) mass is 565 g/mol. The molecule has 0 aliphatic rings. The molecule has 0 bridgehead atoms. The number of aromatic nitrogens is 5. The Morgan fingerprint density at radius 2 is 1.95 bits per heavy atom. The van der Waals surface area contributed by atoms with E-state index in [9.17, 15) is 18.0 Å². The van der Waals surface area contributed by atoms with Crippen LogP contribution in [-0.4, -0.2) is 68.3 Å². The molecule has 0 aliphatic carbocycles. The molecule has 7 N–H and O–H groups in total. The van der Waals surface area contributed by atoms with Gasteiger partial charge in [0.05, 0.1) is 18.5 Å². The van der Waals surface area contributed by atoms with E-state index < -0.39 is 12.1 Å². The van der Waals surface area contributed by atoms with Gasteiger partial charge in [0.15, 0.2) is 23.1 Å². The molecule has 0 spiro atoms. The second-order valence-electron chi connectivity index (χ2n) is 7.92. The maximum absolute atomic E-state index is 11.7. The molecule has 0 radical (unpaired) electrons. The van der Waals surface area contributed by atoms with E-state index in [4.69, 9.17) is 35.7 Å². The Labute approximate surface area is 224 Å². The summed E-state index contributed by atoms with van der Waals surface area (Å²) in [5.74, 6) is -1.56. The number of nitrogen functional groups attached to an aromatic ring is 1. The Hall–Kier alpha value is -4.93. The van der Waals surface area contributed by atoms with Crippen molar-refractivity contribution in [3.63, 3.8) is 0 Å². The number of nitrogens with two attached hydrogens (primary N) is 2. The minimum atomic E-state index is -5.08. The van der Waals surface area contributed by atoms with Crippen LogP contribution >= 0.6 is 0 Å². The normalized spacial score (nSPS) is 11.1. The molecule has 14 nitrogen and oxygen atoms in total. The summed E-state index contributed by atoms with van der Waals surface area (Å²) in [6.45, 7) is 3.49. The topological polar surface area (TPSA) is 209 Å². The standard InChI is InChI=1S/C21H25N9O3.C2HF3O2/c1-3-30-18-14(32-9-5-8-22)11-25-15(12-6-4-7-13(10-12)26-21(31)24-2)16(18)27-20(30)17-19(23)29-33-28-17;3-2(4,5)1(6)7/h4,6-7,10-11H,3,5,8-9,22H2,1-2H3,(H2,23,29)(H2,24,26,31);(H,6,7). The third kappa shape index (κ3) is 6.73. The number of hydrogen-bond donors (Lipinski definition) is 5. The number of rotatable bonds is 8. The highest BCUT2D eigenvalue weighted by Gasteiger charge is 2.38. The van der Waals surface area contributed by atoms with Crippen molar-refractivity contribution < 1.29 is 37.2 Å². The van der Waals surface area contributed by atoms with Crippen molar-refractivity contribution in [1.29, 1.82) is 0 Å². The van der Waals surface area contributed by atoms with Crippen molar-refractivity contribution >= 4 is 34.5 Å². The number of urea groups is 1. The highest BCUT2D eigenvalue weighted by Crippen LogP contribution is 2.37. The van der Waals surface area contributed by atoms with Crippen LogP contribution in [0.5, 0.6) is 5.75 Å². The van der Waals surface area contributed by atoms with Gasteiger partial charge in [0, 0.05) is 24.8 Å². The minimum absolute atomic E-state index is 0.136. The molecule has 1 aromatic carbocycles. The van der Waals surface area contributed by atoms with Crippen molar-refractivity contribution in [3.05, 3.63) is 30.5 Å². The average molecular weight is 566 g/mol. The molecule has 214 valence electrons. The van der Waals surface area contributed by atoms with Gasteiger partial charge in [0.1, 0.15) is 11.0 Å². The number of pyridine rings is 1. The van der Waals surface area contributed by atoms with Crippen LogP contribution in [0, 0.1) is 0 Å². The lowest BCUT2D eigenvalue weighted by atomic mass is 10.1. The number of benzene rings is 1. The predicted octanol–water partition coefficient (Wildman–Crippen LogP) is 2.86. The number of imidazole rings is 1. The highest BCUT2D eigenvalue weighted by atomic mass is 19.4. The van der Waals surface area contributed by atoms with Gasteiger partial charge in [-0.1, -0.05) is 12.1 Å². The molecule has 4 rings (SSSR count). The largest absolute Gasteiger partial charge is 0.490 e. The number of ether oxygens (including phenoxy) is 1. The molecule has 2 amide bonds. The number of hydrogen-bond acceptors (Lipinski definition) is 10. The van der Waals surface area contributed by atoms with Gasteiger partial charge in [0.25, 0.3) is 0 Å². The second-order valence-corrected chi connectivity index (χ2v) is 7.92. The molecule has 0 saturated heterocycles. The fraction of sp³-hybridized carbons (Fsp3) is 0.304. The zero-order valence-electron chi connectivity index (χ0n) is 21.3. The summed E-state index contributed by atoms with van der Waals surface area (Å²) < 4.78 is 44.5. The number of anilines is 2. The zero-order valence-corrected chi connectivity index (χ0v) is 21.3. The molecular formula is C23H26F3N9O5. The van der Waals surface area contributed by atoms with Crippen LogP contribution in [0.4, 0.5) is 29.5 Å². The lowest BCUT2D eigenvalue weighted by Crippen LogP contribution is -2.24. The fourth-order valence-electron chi connectivity index (χ4n) is 3.47. The number of aliphatic carboxylic acids is 1. The van der Waals surface area contributed by atoms with Crippen LogP contribution in [0.2, 0.25) is 0 Å². The molecule has 4 aromatic rings. The van der Waals surface area contributed by atoms with Gasteiger partial charge < -0.3 is 36.5 Å². The molecule has 0 atom stereocenters. The summed E-state index contributed by atoms with van der Waals surface area (Å²) in [5.41, 5.74) is 15.2. The molecule has 3 heterocycles. The number of nitrogens with one attached hydrogen (secondary N) is 2. The summed E-state index contributed by atoms with van der Waals surface area (Å²) in [5, 5.41) is 20.0. The van der Waals surface area contributed by atoms with Gasteiger partial charge in [-0.2, -0.15) is 13.2 Å². The number of carboxylic acids is 1. The number of amides is 2. The van der Waals surface area contributed by atoms with Crippen molar-refractivity contribution in [3.8, 4) is 28.5 Å². The first-order valence-electron chi connectivity index (χ1n) is 11.7. The lowest BCUT2D eigenvalue weighted by Gasteiger charge is -2.12. The summed E-state index contributed by atoms with van der Waals surface area (Å²) in [4.78, 5) is 30.1. The van der Waals surface area contributed by atoms with Crippen LogP contribution in [0.3, 0.4) is 0 Å². The van der Waals surface area contributed by atoms with Crippen molar-refractivity contribution in [2.45, 2.75) is 26.1 Å². The third-order valence-electron chi connectivity index (χ3n) is 5.25. The van der Waals surface area contributed by atoms with E-state index >= 15 is 0 Å². The number of aryl methyl sites for hydroxylation is 1. The fourth-order valence-corrected chi connectivity index (χ4v) is 3.47. The summed E-state index contributed by atoms with van der Waals surface area (Å²) >= 11 is 0. The first-order chi connectivity index (χ1) is 19.0. The number of carbonyl (C=O) groups excluding carboxylic acids is 1. The Bertz CT molecular complexity index is 1490. The van der Waals surface area contributed by atoms with Gasteiger partial charge in [-0.15, -0.1) is 0 Å². The first kappa shape index (κ1) is 29.6. The number of carbonyl (C=O) groups is 2. The van der Waals surface area contributed by atoms with E-state index in [2.05, 4.69) is 25.9 Å². The number of halogens is 3. The molecule has 0 fully saturated rings. The summed E-state index contributed by atoms with van der Waals surface area (Å²) in [6.07, 6.45) is -2.72. The van der Waals surface area contributed by atoms with E-state index in [1.54, 1.807) is 19.3 Å². The maximum Gasteiger partial charge on any atom is 0.490 e. The predicted molar refractivity (Wildman–Crippen MR) is 137 cm³/mol. The Morgan fingerprint density at radius 1 is 1.23 bits per heavy atom. The van der Waals surface area contributed by atoms with Crippen LogP contribution < -0.4 is 26.8 Å². The van der Waals surface area contributed by atoms with Crippen molar-refractivity contribution in [1.82, 2.24) is 30.2 Å². The number of fused-ring (bicyclic) bond motifs is 1. The second kappa shape index (κ2) is 12.7.